The highest BCUT2D eigenvalue weighted by molar-refractivity contribution is 6.35. The molecule has 0 atom stereocenters. The van der Waals surface area contributed by atoms with Crippen LogP contribution in [-0.4, -0.2) is 10.4 Å². The van der Waals surface area contributed by atoms with Crippen molar-refractivity contribution in [1.82, 2.24) is 4.57 Å². The first kappa shape index (κ1) is 13.8. The van der Waals surface area contributed by atoms with Crippen LogP contribution in [0.15, 0.2) is 48.7 Å². The monoisotopic (exact) mass is 305 g/mol. The molecule has 3 aromatic rings. The SMILES string of the molecule is O=C(Cn1ccc2c(Cl)cccc21)c1c(F)cccc1F. The molecular formula is C16H10ClF2NO. The van der Waals surface area contributed by atoms with Gasteiger partial charge in [0.05, 0.1) is 12.1 Å². The van der Waals surface area contributed by atoms with Gasteiger partial charge in [-0.1, -0.05) is 23.7 Å². The van der Waals surface area contributed by atoms with Gasteiger partial charge in [-0.3, -0.25) is 4.79 Å². The number of carbonyl (C=O) groups excluding carboxylic acids is 1. The maximum absolute atomic E-state index is 13.6. The molecule has 0 aliphatic carbocycles. The summed E-state index contributed by atoms with van der Waals surface area (Å²) in [6, 6.07) is 10.4. The van der Waals surface area contributed by atoms with Crippen molar-refractivity contribution in [2.24, 2.45) is 0 Å². The number of fused-ring (bicyclic) bond motifs is 1. The van der Waals surface area contributed by atoms with Gasteiger partial charge in [0.25, 0.3) is 0 Å². The van der Waals surface area contributed by atoms with Crippen molar-refractivity contribution in [3.8, 4) is 0 Å². The van der Waals surface area contributed by atoms with Crippen molar-refractivity contribution < 1.29 is 13.6 Å². The minimum atomic E-state index is -0.852. The van der Waals surface area contributed by atoms with Gasteiger partial charge < -0.3 is 4.57 Å². The van der Waals surface area contributed by atoms with E-state index >= 15 is 0 Å². The van der Waals surface area contributed by atoms with Crippen molar-refractivity contribution in [2.75, 3.05) is 0 Å². The fraction of sp³-hybridized carbons (Fsp3) is 0.0625. The van der Waals surface area contributed by atoms with Crippen molar-refractivity contribution in [3.05, 3.63) is 70.9 Å². The Balaban J connectivity index is 1.99. The fourth-order valence-corrected chi connectivity index (χ4v) is 2.55. The molecule has 0 aliphatic rings. The largest absolute Gasteiger partial charge is 0.340 e. The number of Topliss-reactive ketones (excluding diaryl/α,β-unsaturated/α-hetero) is 1. The summed E-state index contributed by atoms with van der Waals surface area (Å²) in [5, 5.41) is 1.36. The summed E-state index contributed by atoms with van der Waals surface area (Å²) >= 11 is 6.06. The first-order valence-corrected chi connectivity index (χ1v) is 6.66. The summed E-state index contributed by atoms with van der Waals surface area (Å²) in [5.41, 5.74) is 0.231. The van der Waals surface area contributed by atoms with E-state index in [9.17, 15) is 13.6 Å². The van der Waals surface area contributed by atoms with Crippen LogP contribution in [0, 0.1) is 11.6 Å². The van der Waals surface area contributed by atoms with E-state index in [1.807, 2.05) is 0 Å². The molecule has 1 aromatic heterocycles. The van der Waals surface area contributed by atoms with E-state index < -0.39 is 23.0 Å². The van der Waals surface area contributed by atoms with Crippen molar-refractivity contribution >= 4 is 28.3 Å². The predicted octanol–water partition coefficient (Wildman–Crippen LogP) is 4.46. The van der Waals surface area contributed by atoms with Gasteiger partial charge in [0, 0.05) is 22.1 Å². The lowest BCUT2D eigenvalue weighted by molar-refractivity contribution is 0.0965. The Morgan fingerprint density at radius 1 is 1.05 bits per heavy atom. The molecule has 0 bridgehead atoms. The van der Waals surface area contributed by atoms with Crippen LogP contribution < -0.4 is 0 Å². The highest BCUT2D eigenvalue weighted by Crippen LogP contribution is 2.24. The molecule has 0 unspecified atom stereocenters. The van der Waals surface area contributed by atoms with Crippen molar-refractivity contribution in [3.63, 3.8) is 0 Å². The van der Waals surface area contributed by atoms with Crippen LogP contribution in [0.25, 0.3) is 10.9 Å². The second-order valence-corrected chi connectivity index (χ2v) is 5.04. The van der Waals surface area contributed by atoms with Crippen LogP contribution in [0.4, 0.5) is 8.78 Å². The van der Waals surface area contributed by atoms with Crippen LogP contribution in [0.1, 0.15) is 10.4 Å². The van der Waals surface area contributed by atoms with E-state index in [2.05, 4.69) is 0 Å². The molecule has 0 aliphatic heterocycles. The third-order valence-corrected chi connectivity index (χ3v) is 3.65. The molecule has 0 radical (unpaired) electrons. The molecule has 2 nitrogen and oxygen atoms in total. The van der Waals surface area contributed by atoms with Crippen LogP contribution in [-0.2, 0) is 6.54 Å². The molecule has 2 aromatic carbocycles. The number of nitrogens with zero attached hydrogens (tertiary/aromatic N) is 1. The van der Waals surface area contributed by atoms with Crippen LogP contribution in [0.3, 0.4) is 0 Å². The number of ketones is 1. The van der Waals surface area contributed by atoms with E-state index in [4.69, 9.17) is 11.6 Å². The van der Waals surface area contributed by atoms with Gasteiger partial charge in [-0.25, -0.2) is 8.78 Å². The maximum atomic E-state index is 13.6. The Labute approximate surface area is 124 Å². The highest BCUT2D eigenvalue weighted by Gasteiger charge is 2.18. The highest BCUT2D eigenvalue weighted by atomic mass is 35.5. The number of benzene rings is 2. The third-order valence-electron chi connectivity index (χ3n) is 3.32. The molecule has 0 N–H and O–H groups in total. The van der Waals surface area contributed by atoms with Gasteiger partial charge >= 0.3 is 0 Å². The summed E-state index contributed by atoms with van der Waals surface area (Å²) in [4.78, 5) is 12.1. The molecule has 0 amide bonds. The Hall–Kier alpha value is -2.20. The van der Waals surface area contributed by atoms with E-state index in [1.165, 1.54) is 6.07 Å². The molecule has 106 valence electrons. The average molecular weight is 306 g/mol. The molecule has 0 fully saturated rings. The zero-order valence-corrected chi connectivity index (χ0v) is 11.6. The quantitative estimate of drug-likeness (QED) is 0.655. The maximum Gasteiger partial charge on any atom is 0.188 e. The molecule has 0 saturated heterocycles. The first-order chi connectivity index (χ1) is 10.1. The molecule has 1 heterocycles. The third kappa shape index (κ3) is 2.43. The standard InChI is InChI=1S/C16H10ClF2NO/c17-11-3-1-6-14-10(11)7-8-20(14)9-15(21)16-12(18)4-2-5-13(16)19/h1-8H,9H2. The molecule has 0 saturated carbocycles. The zero-order chi connectivity index (χ0) is 15.0. The van der Waals surface area contributed by atoms with Crippen LogP contribution in [0.2, 0.25) is 5.02 Å². The van der Waals surface area contributed by atoms with Gasteiger partial charge in [-0.05, 0) is 30.3 Å². The smallest absolute Gasteiger partial charge is 0.188 e. The number of hydrogen-bond donors (Lipinski definition) is 0. The number of aromatic nitrogens is 1. The normalized spacial score (nSPS) is 11.0. The molecular weight excluding hydrogens is 296 g/mol. The predicted molar refractivity (Wildman–Crippen MR) is 77.6 cm³/mol. The van der Waals surface area contributed by atoms with Crippen LogP contribution >= 0.6 is 11.6 Å². The molecule has 21 heavy (non-hydrogen) atoms. The Bertz CT molecular complexity index is 821. The summed E-state index contributed by atoms with van der Waals surface area (Å²) in [7, 11) is 0. The van der Waals surface area contributed by atoms with Gasteiger partial charge in [0.15, 0.2) is 5.78 Å². The molecule has 3 rings (SSSR count). The topological polar surface area (TPSA) is 22.0 Å². The van der Waals surface area contributed by atoms with E-state index in [1.54, 1.807) is 35.0 Å². The Kier molecular flexibility index (Phi) is 3.47. The first-order valence-electron chi connectivity index (χ1n) is 6.28. The lowest BCUT2D eigenvalue weighted by Gasteiger charge is -2.07. The second kappa shape index (κ2) is 5.30. The fourth-order valence-electron chi connectivity index (χ4n) is 2.32. The van der Waals surface area contributed by atoms with E-state index in [0.29, 0.717) is 5.02 Å². The minimum Gasteiger partial charge on any atom is -0.340 e. The average Bonchev–Trinajstić information content (AvgIpc) is 2.83. The van der Waals surface area contributed by atoms with Gasteiger partial charge in [0.2, 0.25) is 0 Å². The van der Waals surface area contributed by atoms with Gasteiger partial charge in [0.1, 0.15) is 11.6 Å². The molecule has 0 spiro atoms. The lowest BCUT2D eigenvalue weighted by atomic mass is 10.1. The number of hydrogen-bond acceptors (Lipinski definition) is 1. The molecule has 5 heteroatoms. The van der Waals surface area contributed by atoms with E-state index in [-0.39, 0.29) is 6.54 Å². The van der Waals surface area contributed by atoms with Crippen molar-refractivity contribution in [2.45, 2.75) is 6.54 Å². The zero-order valence-electron chi connectivity index (χ0n) is 10.8. The number of halogens is 3. The minimum absolute atomic E-state index is 0.151. The number of rotatable bonds is 3. The van der Waals surface area contributed by atoms with E-state index in [0.717, 1.165) is 23.0 Å². The Morgan fingerprint density at radius 3 is 2.43 bits per heavy atom. The van der Waals surface area contributed by atoms with Gasteiger partial charge in [-0.2, -0.15) is 0 Å². The number of carbonyl (C=O) groups is 1. The summed E-state index contributed by atoms with van der Waals surface area (Å²) in [6.07, 6.45) is 1.67. The van der Waals surface area contributed by atoms with Gasteiger partial charge in [-0.15, -0.1) is 0 Å². The second-order valence-electron chi connectivity index (χ2n) is 4.64. The summed E-state index contributed by atoms with van der Waals surface area (Å²) in [6.45, 7) is -0.151. The van der Waals surface area contributed by atoms with Crippen molar-refractivity contribution in [1.29, 1.82) is 0 Å². The summed E-state index contributed by atoms with van der Waals surface area (Å²) < 4.78 is 28.9. The lowest BCUT2D eigenvalue weighted by Crippen LogP contribution is -2.13. The Morgan fingerprint density at radius 2 is 1.71 bits per heavy atom. The summed E-state index contributed by atoms with van der Waals surface area (Å²) in [5.74, 6) is -2.33. The van der Waals surface area contributed by atoms with Crippen LogP contribution in [0.5, 0.6) is 0 Å².